The number of para-hydroxylation sites is 2. The first kappa shape index (κ1) is 8.53. The Hall–Kier alpha value is -1.77. The van der Waals surface area contributed by atoms with Gasteiger partial charge in [-0.15, -0.1) is 0 Å². The van der Waals surface area contributed by atoms with Crippen LogP contribution < -0.4 is 0 Å². The number of imidazole rings is 1. The first-order valence-corrected chi connectivity index (χ1v) is 5.18. The average Bonchev–Trinajstić information content (AvgIpc) is 2.98. The summed E-state index contributed by atoms with van der Waals surface area (Å²) in [4.78, 5) is 4.35. The maximum Gasteiger partial charge on any atom is 0.139 e. The van der Waals surface area contributed by atoms with E-state index in [1.165, 1.54) is 12.8 Å². The Balaban J connectivity index is 2.12. The van der Waals surface area contributed by atoms with E-state index in [0.717, 1.165) is 11.5 Å². The van der Waals surface area contributed by atoms with Crippen molar-refractivity contribution in [1.29, 1.82) is 0 Å². The summed E-state index contributed by atoms with van der Waals surface area (Å²) in [5, 5.41) is 9.76. The zero-order valence-corrected chi connectivity index (χ0v) is 8.30. The third-order valence-electron chi connectivity index (χ3n) is 2.75. The highest BCUT2D eigenvalue weighted by Crippen LogP contribution is 2.40. The summed E-state index contributed by atoms with van der Waals surface area (Å²) in [6.07, 6.45) is 6.12. The number of rotatable bonds is 2. The maximum atomic E-state index is 9.76. The van der Waals surface area contributed by atoms with Crippen LogP contribution in [0.5, 0.6) is 5.75 Å². The topological polar surface area (TPSA) is 38.0 Å². The number of phenolic OH excluding ortho intramolecular Hbond substituents is 1. The van der Waals surface area contributed by atoms with Crippen LogP contribution >= 0.6 is 0 Å². The van der Waals surface area contributed by atoms with Gasteiger partial charge in [-0.05, 0) is 25.0 Å². The Morgan fingerprint density at radius 1 is 1.27 bits per heavy atom. The van der Waals surface area contributed by atoms with Crippen molar-refractivity contribution in [2.24, 2.45) is 0 Å². The van der Waals surface area contributed by atoms with Crippen LogP contribution in [-0.4, -0.2) is 14.7 Å². The molecule has 0 spiro atoms. The van der Waals surface area contributed by atoms with Gasteiger partial charge in [0.2, 0.25) is 0 Å². The summed E-state index contributed by atoms with van der Waals surface area (Å²) in [7, 11) is 0. The molecule has 1 aromatic carbocycles. The minimum absolute atomic E-state index is 0.303. The third kappa shape index (κ3) is 1.40. The second kappa shape index (κ2) is 3.12. The Kier molecular flexibility index (Phi) is 1.78. The zero-order chi connectivity index (χ0) is 10.3. The highest BCUT2D eigenvalue weighted by Gasteiger charge is 2.28. The molecular formula is C12H12N2O. The minimum atomic E-state index is 0.303. The molecule has 1 heterocycles. The molecule has 1 saturated carbocycles. The fraction of sp³-hybridized carbons (Fsp3) is 0.250. The smallest absolute Gasteiger partial charge is 0.139 e. The van der Waals surface area contributed by atoms with Gasteiger partial charge in [0.25, 0.3) is 0 Å². The monoisotopic (exact) mass is 200 g/mol. The van der Waals surface area contributed by atoms with Crippen LogP contribution in [0.3, 0.4) is 0 Å². The quantitative estimate of drug-likeness (QED) is 0.808. The van der Waals surface area contributed by atoms with Gasteiger partial charge in [0.05, 0.1) is 5.69 Å². The van der Waals surface area contributed by atoms with E-state index in [0.29, 0.717) is 11.7 Å². The van der Waals surface area contributed by atoms with Crippen molar-refractivity contribution in [2.75, 3.05) is 0 Å². The lowest BCUT2D eigenvalue weighted by molar-refractivity contribution is 0.471. The van der Waals surface area contributed by atoms with Crippen LogP contribution in [0.4, 0.5) is 0 Å². The summed E-state index contributed by atoms with van der Waals surface area (Å²) in [5.41, 5.74) is 0.817. The highest BCUT2D eigenvalue weighted by atomic mass is 16.3. The van der Waals surface area contributed by atoms with Crippen LogP contribution in [-0.2, 0) is 0 Å². The maximum absolute atomic E-state index is 9.76. The molecule has 2 aromatic rings. The van der Waals surface area contributed by atoms with E-state index in [1.54, 1.807) is 12.3 Å². The van der Waals surface area contributed by atoms with Gasteiger partial charge in [-0.3, -0.25) is 4.57 Å². The first-order valence-electron chi connectivity index (χ1n) is 5.18. The number of hydrogen-bond donors (Lipinski definition) is 1. The number of benzene rings is 1. The average molecular weight is 200 g/mol. The van der Waals surface area contributed by atoms with Crippen molar-refractivity contribution in [2.45, 2.75) is 18.8 Å². The molecule has 3 heteroatoms. The summed E-state index contributed by atoms with van der Waals surface area (Å²) < 4.78 is 1.98. The van der Waals surface area contributed by atoms with Crippen molar-refractivity contribution in [1.82, 2.24) is 9.55 Å². The largest absolute Gasteiger partial charge is 0.506 e. The minimum Gasteiger partial charge on any atom is -0.506 e. The molecule has 0 unspecified atom stereocenters. The number of nitrogens with zero attached hydrogens (tertiary/aromatic N) is 2. The first-order chi connectivity index (χ1) is 7.36. The molecular weight excluding hydrogens is 188 g/mol. The van der Waals surface area contributed by atoms with E-state index >= 15 is 0 Å². The van der Waals surface area contributed by atoms with Crippen molar-refractivity contribution < 1.29 is 5.11 Å². The number of aromatic hydroxyl groups is 1. The molecule has 76 valence electrons. The normalized spacial score (nSPS) is 15.5. The molecule has 1 aromatic heterocycles. The van der Waals surface area contributed by atoms with Gasteiger partial charge < -0.3 is 5.11 Å². The second-order valence-corrected chi connectivity index (χ2v) is 3.92. The Bertz CT molecular complexity index is 486. The van der Waals surface area contributed by atoms with E-state index in [1.807, 2.05) is 29.0 Å². The zero-order valence-electron chi connectivity index (χ0n) is 8.30. The van der Waals surface area contributed by atoms with Crippen LogP contribution in [0.15, 0.2) is 36.7 Å². The number of phenols is 1. The van der Waals surface area contributed by atoms with Crippen molar-refractivity contribution in [3.8, 4) is 11.4 Å². The molecule has 3 nitrogen and oxygen atoms in total. The van der Waals surface area contributed by atoms with Gasteiger partial charge in [0.1, 0.15) is 11.6 Å². The summed E-state index contributed by atoms with van der Waals surface area (Å²) in [5.74, 6) is 1.95. The fourth-order valence-electron chi connectivity index (χ4n) is 1.83. The predicted molar refractivity (Wildman–Crippen MR) is 57.2 cm³/mol. The van der Waals surface area contributed by atoms with E-state index in [-0.39, 0.29) is 0 Å². The van der Waals surface area contributed by atoms with E-state index < -0.39 is 0 Å². The lowest BCUT2D eigenvalue weighted by Crippen LogP contribution is -1.98. The molecule has 1 fully saturated rings. The standard InChI is InChI=1S/C12H12N2O/c15-11-4-2-1-3-10(11)14-8-7-13-12(14)9-5-6-9/h1-4,7-9,15H,5-6H2. The van der Waals surface area contributed by atoms with Gasteiger partial charge in [-0.25, -0.2) is 4.98 Å². The highest BCUT2D eigenvalue weighted by molar-refractivity contribution is 5.46. The molecule has 0 aliphatic heterocycles. The SMILES string of the molecule is Oc1ccccc1-n1ccnc1C1CC1. The van der Waals surface area contributed by atoms with E-state index in [4.69, 9.17) is 0 Å². The summed E-state index contributed by atoms with van der Waals surface area (Å²) >= 11 is 0. The predicted octanol–water partition coefficient (Wildman–Crippen LogP) is 2.46. The number of aromatic nitrogens is 2. The molecule has 0 atom stereocenters. The molecule has 3 rings (SSSR count). The number of hydrogen-bond acceptors (Lipinski definition) is 2. The lowest BCUT2D eigenvalue weighted by Gasteiger charge is -2.08. The Morgan fingerprint density at radius 2 is 2.07 bits per heavy atom. The van der Waals surface area contributed by atoms with E-state index in [9.17, 15) is 5.11 Å². The summed E-state index contributed by atoms with van der Waals surface area (Å²) in [6.45, 7) is 0. The van der Waals surface area contributed by atoms with Crippen LogP contribution in [0.25, 0.3) is 5.69 Å². The van der Waals surface area contributed by atoms with Crippen molar-refractivity contribution in [3.05, 3.63) is 42.5 Å². The molecule has 0 amide bonds. The van der Waals surface area contributed by atoms with Gasteiger partial charge in [0.15, 0.2) is 0 Å². The second-order valence-electron chi connectivity index (χ2n) is 3.92. The summed E-state index contributed by atoms with van der Waals surface area (Å²) in [6, 6.07) is 7.35. The van der Waals surface area contributed by atoms with Crippen molar-refractivity contribution >= 4 is 0 Å². The molecule has 0 radical (unpaired) electrons. The Morgan fingerprint density at radius 3 is 2.80 bits per heavy atom. The van der Waals surface area contributed by atoms with Gasteiger partial charge in [-0.2, -0.15) is 0 Å². The third-order valence-corrected chi connectivity index (χ3v) is 2.75. The van der Waals surface area contributed by atoms with Crippen LogP contribution in [0.1, 0.15) is 24.6 Å². The lowest BCUT2D eigenvalue weighted by atomic mass is 10.3. The van der Waals surface area contributed by atoms with Gasteiger partial charge >= 0.3 is 0 Å². The van der Waals surface area contributed by atoms with Gasteiger partial charge in [-0.1, -0.05) is 12.1 Å². The fourth-order valence-corrected chi connectivity index (χ4v) is 1.83. The van der Waals surface area contributed by atoms with E-state index in [2.05, 4.69) is 4.98 Å². The van der Waals surface area contributed by atoms with Crippen molar-refractivity contribution in [3.63, 3.8) is 0 Å². The molecule has 15 heavy (non-hydrogen) atoms. The van der Waals surface area contributed by atoms with Gasteiger partial charge in [0, 0.05) is 18.3 Å². The molecule has 1 aliphatic rings. The molecule has 0 saturated heterocycles. The molecule has 1 aliphatic carbocycles. The molecule has 0 bridgehead atoms. The Labute approximate surface area is 88.0 Å². The van der Waals surface area contributed by atoms with Crippen LogP contribution in [0, 0.1) is 0 Å². The molecule has 1 N–H and O–H groups in total. The van der Waals surface area contributed by atoms with Crippen LogP contribution in [0.2, 0.25) is 0 Å².